The predicted octanol–water partition coefficient (Wildman–Crippen LogP) is 4.05. The minimum Gasteiger partial charge on any atom is -0.497 e. The van der Waals surface area contributed by atoms with Gasteiger partial charge in [-0.3, -0.25) is 19.6 Å². The average Bonchev–Trinajstić information content (AvgIpc) is 3.50. The highest BCUT2D eigenvalue weighted by Gasteiger charge is 2.57. The summed E-state index contributed by atoms with van der Waals surface area (Å²) in [6.45, 7) is 2.88. The molecule has 35 heavy (non-hydrogen) atoms. The number of nitrogens with zero attached hydrogens (tertiary/aromatic N) is 3. The standard InChI is InChI=1S/C27H30N4O3S/c1-34-22-7-4-6-20(18-22)19-30-14-10-21(11-15-30)27(24-9-2-3-13-28-24)25(32)31(26(33)29-27)16-12-23-8-5-17-35-23/h2-9,13,17-18,21H,10-12,14-16,19H2,1H3,(H,29,33)/t27-/m0/s1. The van der Waals surface area contributed by atoms with Crippen LogP contribution in [0.4, 0.5) is 4.79 Å². The van der Waals surface area contributed by atoms with Gasteiger partial charge < -0.3 is 10.1 Å². The first kappa shape index (κ1) is 23.5. The number of urea groups is 1. The monoisotopic (exact) mass is 490 g/mol. The Kier molecular flexibility index (Phi) is 6.83. The van der Waals surface area contributed by atoms with Crippen LogP contribution in [0.3, 0.4) is 0 Å². The number of ether oxygens (including phenoxy) is 1. The summed E-state index contributed by atoms with van der Waals surface area (Å²) in [5, 5.41) is 5.12. The third-order valence-electron chi connectivity index (χ3n) is 7.10. The maximum absolute atomic E-state index is 13.9. The number of rotatable bonds is 8. The summed E-state index contributed by atoms with van der Waals surface area (Å²) in [6, 6.07) is 17.4. The molecule has 1 aromatic carbocycles. The molecular weight excluding hydrogens is 460 g/mol. The van der Waals surface area contributed by atoms with Gasteiger partial charge >= 0.3 is 6.03 Å². The van der Waals surface area contributed by atoms with Crippen molar-refractivity contribution in [3.8, 4) is 5.75 Å². The van der Waals surface area contributed by atoms with Gasteiger partial charge in [-0.15, -0.1) is 11.3 Å². The number of imide groups is 1. The fourth-order valence-electron chi connectivity index (χ4n) is 5.28. The molecule has 1 N–H and O–H groups in total. The lowest BCUT2D eigenvalue weighted by molar-refractivity contribution is -0.134. The molecule has 5 rings (SSSR count). The Balaban J connectivity index is 1.33. The summed E-state index contributed by atoms with van der Waals surface area (Å²) in [7, 11) is 1.68. The predicted molar refractivity (Wildman–Crippen MR) is 135 cm³/mol. The van der Waals surface area contributed by atoms with Gasteiger partial charge in [-0.1, -0.05) is 24.3 Å². The van der Waals surface area contributed by atoms with Crippen LogP contribution < -0.4 is 10.1 Å². The van der Waals surface area contributed by atoms with Crippen molar-refractivity contribution in [2.24, 2.45) is 5.92 Å². The lowest BCUT2D eigenvalue weighted by atomic mass is 9.75. The Labute approximate surface area is 209 Å². The molecule has 3 amide bonds. The molecular formula is C27H30N4O3S. The summed E-state index contributed by atoms with van der Waals surface area (Å²) in [5.74, 6) is 0.652. The zero-order valence-corrected chi connectivity index (χ0v) is 20.7. The first-order valence-corrected chi connectivity index (χ1v) is 12.9. The van der Waals surface area contributed by atoms with Gasteiger partial charge in [0.1, 0.15) is 5.75 Å². The van der Waals surface area contributed by atoms with Crippen LogP contribution in [0.1, 0.15) is 29.0 Å². The fraction of sp³-hybridized carbons (Fsp3) is 0.370. The maximum atomic E-state index is 13.9. The molecule has 2 aliphatic heterocycles. The molecule has 0 aliphatic carbocycles. The number of thiophene rings is 1. The quantitative estimate of drug-likeness (QED) is 0.482. The fourth-order valence-corrected chi connectivity index (χ4v) is 5.98. The molecule has 4 heterocycles. The number of pyridine rings is 1. The third-order valence-corrected chi connectivity index (χ3v) is 8.04. The minimum atomic E-state index is -1.12. The molecule has 0 bridgehead atoms. The van der Waals surface area contributed by atoms with Crippen molar-refractivity contribution >= 4 is 23.3 Å². The van der Waals surface area contributed by atoms with Crippen LogP contribution in [0.2, 0.25) is 0 Å². The highest BCUT2D eigenvalue weighted by molar-refractivity contribution is 7.09. The second-order valence-electron chi connectivity index (χ2n) is 9.14. The van der Waals surface area contributed by atoms with Crippen molar-refractivity contribution in [3.63, 3.8) is 0 Å². The lowest BCUT2D eigenvalue weighted by Gasteiger charge is -2.40. The molecule has 0 radical (unpaired) electrons. The lowest BCUT2D eigenvalue weighted by Crippen LogP contribution is -2.54. The number of aromatic nitrogens is 1. The van der Waals surface area contributed by atoms with Crippen LogP contribution in [-0.2, 0) is 23.3 Å². The Bertz CT molecular complexity index is 1160. The van der Waals surface area contributed by atoms with Crippen LogP contribution in [0.5, 0.6) is 5.75 Å². The van der Waals surface area contributed by atoms with Crippen molar-refractivity contribution in [2.45, 2.75) is 31.3 Å². The molecule has 2 fully saturated rings. The zero-order chi connectivity index (χ0) is 24.3. The number of piperidine rings is 1. The van der Waals surface area contributed by atoms with E-state index in [0.717, 1.165) is 43.1 Å². The highest BCUT2D eigenvalue weighted by Crippen LogP contribution is 2.41. The summed E-state index contributed by atoms with van der Waals surface area (Å²) in [4.78, 5) is 36.5. The number of methoxy groups -OCH3 is 1. The van der Waals surface area contributed by atoms with Gasteiger partial charge in [0, 0.05) is 24.2 Å². The zero-order valence-electron chi connectivity index (χ0n) is 19.9. The van der Waals surface area contributed by atoms with Gasteiger partial charge in [-0.05, 0) is 79.5 Å². The molecule has 8 heteroatoms. The van der Waals surface area contributed by atoms with E-state index in [2.05, 4.69) is 27.3 Å². The molecule has 0 unspecified atom stereocenters. The van der Waals surface area contributed by atoms with E-state index in [-0.39, 0.29) is 17.9 Å². The number of nitrogens with one attached hydrogen (secondary N) is 1. The normalized spacial score (nSPS) is 21.3. The third kappa shape index (κ3) is 4.68. The molecule has 2 aromatic heterocycles. The Morgan fingerprint density at radius 3 is 2.69 bits per heavy atom. The van der Waals surface area contributed by atoms with Gasteiger partial charge in [0.05, 0.1) is 12.8 Å². The topological polar surface area (TPSA) is 74.8 Å². The maximum Gasteiger partial charge on any atom is 0.325 e. The van der Waals surface area contributed by atoms with Crippen LogP contribution in [0, 0.1) is 5.92 Å². The van der Waals surface area contributed by atoms with E-state index >= 15 is 0 Å². The van der Waals surface area contributed by atoms with E-state index in [1.807, 2.05) is 47.8 Å². The van der Waals surface area contributed by atoms with Crippen molar-refractivity contribution in [1.82, 2.24) is 20.1 Å². The molecule has 182 valence electrons. The summed E-state index contributed by atoms with van der Waals surface area (Å²) < 4.78 is 5.36. The van der Waals surface area contributed by atoms with E-state index in [4.69, 9.17) is 4.74 Å². The molecule has 2 saturated heterocycles. The van der Waals surface area contributed by atoms with Crippen molar-refractivity contribution in [3.05, 3.63) is 82.3 Å². The van der Waals surface area contributed by atoms with Gasteiger partial charge in [-0.2, -0.15) is 0 Å². The van der Waals surface area contributed by atoms with Crippen LogP contribution in [-0.4, -0.2) is 53.5 Å². The Morgan fingerprint density at radius 2 is 1.97 bits per heavy atom. The van der Waals surface area contributed by atoms with E-state index in [0.29, 0.717) is 18.7 Å². The molecule has 2 aliphatic rings. The smallest absolute Gasteiger partial charge is 0.325 e. The average molecular weight is 491 g/mol. The van der Waals surface area contributed by atoms with Crippen molar-refractivity contribution in [2.75, 3.05) is 26.7 Å². The van der Waals surface area contributed by atoms with Gasteiger partial charge in [0.25, 0.3) is 5.91 Å². The molecule has 1 atom stereocenters. The number of amides is 3. The SMILES string of the molecule is COc1cccc(CN2CCC([C@@]3(c4ccccn4)NC(=O)N(CCc4cccs4)C3=O)CC2)c1. The van der Waals surface area contributed by atoms with E-state index in [1.165, 1.54) is 10.5 Å². The Morgan fingerprint density at radius 1 is 1.11 bits per heavy atom. The minimum absolute atomic E-state index is 0.0258. The van der Waals surface area contributed by atoms with Gasteiger partial charge in [-0.25, -0.2) is 4.79 Å². The Hall–Kier alpha value is -3.23. The van der Waals surface area contributed by atoms with Gasteiger partial charge in [0.2, 0.25) is 0 Å². The summed E-state index contributed by atoms with van der Waals surface area (Å²) in [5.41, 5.74) is 0.714. The first-order chi connectivity index (χ1) is 17.1. The highest BCUT2D eigenvalue weighted by atomic mass is 32.1. The van der Waals surface area contributed by atoms with Crippen LogP contribution in [0.25, 0.3) is 0 Å². The number of likely N-dealkylation sites (tertiary alicyclic amines) is 1. The number of carbonyl (C=O) groups is 2. The number of benzene rings is 1. The molecule has 0 saturated carbocycles. The molecule has 0 spiro atoms. The van der Waals surface area contributed by atoms with Crippen molar-refractivity contribution < 1.29 is 14.3 Å². The van der Waals surface area contributed by atoms with Gasteiger partial charge in [0.15, 0.2) is 5.54 Å². The number of hydrogen-bond acceptors (Lipinski definition) is 6. The van der Waals surface area contributed by atoms with Crippen LogP contribution >= 0.6 is 11.3 Å². The first-order valence-electron chi connectivity index (χ1n) is 12.0. The number of carbonyl (C=O) groups excluding carboxylic acids is 2. The largest absolute Gasteiger partial charge is 0.497 e. The number of hydrogen-bond donors (Lipinski definition) is 1. The summed E-state index contributed by atoms with van der Waals surface area (Å²) in [6.07, 6.45) is 3.95. The summed E-state index contributed by atoms with van der Waals surface area (Å²) >= 11 is 1.64. The van der Waals surface area contributed by atoms with Crippen molar-refractivity contribution in [1.29, 1.82) is 0 Å². The second kappa shape index (κ2) is 10.2. The van der Waals surface area contributed by atoms with E-state index in [9.17, 15) is 9.59 Å². The van der Waals surface area contributed by atoms with Crippen LogP contribution in [0.15, 0.2) is 66.2 Å². The second-order valence-corrected chi connectivity index (χ2v) is 10.2. The molecule has 3 aromatic rings. The van der Waals surface area contributed by atoms with E-state index < -0.39 is 5.54 Å². The molecule has 7 nitrogen and oxygen atoms in total. The van der Waals surface area contributed by atoms with E-state index in [1.54, 1.807) is 24.6 Å².